The van der Waals surface area contributed by atoms with Gasteiger partial charge >= 0.3 is 5.69 Å². The van der Waals surface area contributed by atoms with Gasteiger partial charge in [0, 0.05) is 19.8 Å². The van der Waals surface area contributed by atoms with E-state index in [1.807, 2.05) is 6.92 Å². The first-order valence-electron chi connectivity index (χ1n) is 9.30. The van der Waals surface area contributed by atoms with Crippen molar-refractivity contribution in [2.45, 2.75) is 70.9 Å². The number of aliphatic imine (C=N–C) groups is 1. The van der Waals surface area contributed by atoms with E-state index in [4.69, 9.17) is 0 Å². The van der Waals surface area contributed by atoms with E-state index in [2.05, 4.69) is 10.3 Å². The molecule has 0 radical (unpaired) electrons. The molecule has 2 heterocycles. The summed E-state index contributed by atoms with van der Waals surface area (Å²) in [4.78, 5) is 29.0. The predicted molar refractivity (Wildman–Crippen MR) is 101 cm³/mol. The van der Waals surface area contributed by atoms with E-state index in [1.165, 1.54) is 15.6 Å². The molecule has 0 saturated carbocycles. The third-order valence-corrected chi connectivity index (χ3v) is 4.61. The zero-order chi connectivity index (χ0) is 18.2. The number of aliphatic hydroxyl groups is 1. The monoisotopic (exact) mass is 350 g/mol. The molecule has 0 spiro atoms. The number of hydrogen-bond donors (Lipinski definition) is 2. The number of hydrogen-bond acceptors (Lipinski definition) is 5. The summed E-state index contributed by atoms with van der Waals surface area (Å²) in [6.07, 6.45) is 9.82. The third-order valence-electron chi connectivity index (χ3n) is 4.61. The molecule has 2 N–H and O–H groups in total. The Balaban J connectivity index is 1.79. The molecule has 7 heteroatoms. The van der Waals surface area contributed by atoms with Crippen molar-refractivity contribution < 1.29 is 5.11 Å². The van der Waals surface area contributed by atoms with Gasteiger partial charge in [-0.2, -0.15) is 0 Å². The van der Waals surface area contributed by atoms with Crippen molar-refractivity contribution in [2.24, 2.45) is 12.0 Å². The molecule has 25 heavy (non-hydrogen) atoms. The first-order valence-corrected chi connectivity index (χ1v) is 9.30. The molecular weight excluding hydrogens is 320 g/mol. The number of anilines is 1. The van der Waals surface area contributed by atoms with Gasteiger partial charge in [0.05, 0.1) is 12.6 Å². The normalized spacial score (nSPS) is 14.2. The quantitative estimate of drug-likeness (QED) is 0.633. The first kappa shape index (κ1) is 19.4. The molecule has 140 valence electrons. The molecule has 7 nitrogen and oxygen atoms in total. The average Bonchev–Trinajstić information content (AvgIpc) is 2.60. The Kier molecular flexibility index (Phi) is 7.43. The van der Waals surface area contributed by atoms with Gasteiger partial charge in [-0.25, -0.2) is 9.79 Å². The van der Waals surface area contributed by atoms with E-state index in [-0.39, 0.29) is 17.4 Å². The maximum atomic E-state index is 12.5. The molecule has 1 aliphatic heterocycles. The highest BCUT2D eigenvalue weighted by Gasteiger charge is 2.17. The maximum absolute atomic E-state index is 12.5. The van der Waals surface area contributed by atoms with Gasteiger partial charge < -0.3 is 10.4 Å². The number of aromatic nitrogens is 2. The minimum Gasteiger partial charge on any atom is -0.393 e. The van der Waals surface area contributed by atoms with Crippen molar-refractivity contribution >= 4 is 17.7 Å². The van der Waals surface area contributed by atoms with E-state index in [9.17, 15) is 14.7 Å². The SMILES string of the molecule is CC(O)CCCCCCCCCn1c(=O)c2c(n(C)c1=O)NCC=N2. The third kappa shape index (κ3) is 5.29. The first-order chi connectivity index (χ1) is 12.0. The fourth-order valence-corrected chi connectivity index (χ4v) is 3.14. The largest absolute Gasteiger partial charge is 0.393 e. The molecule has 0 aliphatic carbocycles. The van der Waals surface area contributed by atoms with Crippen molar-refractivity contribution in [1.29, 1.82) is 0 Å². The van der Waals surface area contributed by atoms with Crippen LogP contribution in [0.1, 0.15) is 58.3 Å². The van der Waals surface area contributed by atoms with Crippen molar-refractivity contribution in [3.05, 3.63) is 20.8 Å². The highest BCUT2D eigenvalue weighted by atomic mass is 16.3. The van der Waals surface area contributed by atoms with E-state index in [0.29, 0.717) is 24.6 Å². The molecule has 1 atom stereocenters. The van der Waals surface area contributed by atoms with Crippen molar-refractivity contribution in [3.63, 3.8) is 0 Å². The lowest BCUT2D eigenvalue weighted by atomic mass is 10.1. The summed E-state index contributed by atoms with van der Waals surface area (Å²) in [6, 6.07) is 0. The van der Waals surface area contributed by atoms with Crippen LogP contribution >= 0.6 is 0 Å². The van der Waals surface area contributed by atoms with E-state index < -0.39 is 0 Å². The van der Waals surface area contributed by atoms with Gasteiger partial charge in [0.25, 0.3) is 5.56 Å². The van der Waals surface area contributed by atoms with Gasteiger partial charge in [0.2, 0.25) is 0 Å². The number of aliphatic hydroxyl groups excluding tert-OH is 1. The topological polar surface area (TPSA) is 88.6 Å². The molecule has 1 unspecified atom stereocenters. The lowest BCUT2D eigenvalue weighted by Crippen LogP contribution is -2.40. The lowest BCUT2D eigenvalue weighted by molar-refractivity contribution is 0.180. The highest BCUT2D eigenvalue weighted by Crippen LogP contribution is 2.19. The van der Waals surface area contributed by atoms with Crippen LogP contribution in [0.2, 0.25) is 0 Å². The maximum Gasteiger partial charge on any atom is 0.332 e. The Morgan fingerprint density at radius 3 is 2.48 bits per heavy atom. The summed E-state index contributed by atoms with van der Waals surface area (Å²) >= 11 is 0. The molecule has 0 aromatic carbocycles. The number of nitrogens with zero attached hydrogens (tertiary/aromatic N) is 3. The van der Waals surface area contributed by atoms with Gasteiger partial charge in [0.1, 0.15) is 5.82 Å². The van der Waals surface area contributed by atoms with Gasteiger partial charge in [-0.05, 0) is 19.8 Å². The van der Waals surface area contributed by atoms with Gasteiger partial charge in [0.15, 0.2) is 5.69 Å². The van der Waals surface area contributed by atoms with E-state index in [1.54, 1.807) is 13.3 Å². The molecule has 0 amide bonds. The number of fused-ring (bicyclic) bond motifs is 1. The summed E-state index contributed by atoms with van der Waals surface area (Å²) < 4.78 is 2.77. The van der Waals surface area contributed by atoms with Crippen molar-refractivity contribution in [2.75, 3.05) is 11.9 Å². The number of nitrogens with one attached hydrogen (secondary N) is 1. The molecule has 0 saturated heterocycles. The zero-order valence-electron chi connectivity index (χ0n) is 15.3. The summed E-state index contributed by atoms with van der Waals surface area (Å²) in [7, 11) is 1.66. The molecule has 1 aromatic rings. The number of unbranched alkanes of at least 4 members (excludes halogenated alkanes) is 6. The smallest absolute Gasteiger partial charge is 0.332 e. The second kappa shape index (κ2) is 9.56. The lowest BCUT2D eigenvalue weighted by Gasteiger charge is -2.17. The Labute approximate surface area is 148 Å². The van der Waals surface area contributed by atoms with Crippen LogP contribution in [0.25, 0.3) is 0 Å². The molecular formula is C18H30N4O3. The Morgan fingerprint density at radius 1 is 1.16 bits per heavy atom. The van der Waals surface area contributed by atoms with Crippen LogP contribution in [0.5, 0.6) is 0 Å². The van der Waals surface area contributed by atoms with Crippen LogP contribution in [-0.4, -0.2) is 33.1 Å². The second-order valence-electron chi connectivity index (χ2n) is 6.80. The highest BCUT2D eigenvalue weighted by molar-refractivity contribution is 5.77. The average molecular weight is 350 g/mol. The Bertz CT molecular complexity index is 703. The van der Waals surface area contributed by atoms with Crippen LogP contribution < -0.4 is 16.6 Å². The fourth-order valence-electron chi connectivity index (χ4n) is 3.14. The minimum absolute atomic E-state index is 0.197. The molecule has 1 aromatic heterocycles. The molecule has 2 rings (SSSR count). The zero-order valence-corrected chi connectivity index (χ0v) is 15.3. The predicted octanol–water partition coefficient (Wildman–Crippen LogP) is 2.18. The fraction of sp³-hybridized carbons (Fsp3) is 0.722. The van der Waals surface area contributed by atoms with Crippen molar-refractivity contribution in [1.82, 2.24) is 9.13 Å². The molecule has 0 bridgehead atoms. The summed E-state index contributed by atoms with van der Waals surface area (Å²) in [5.41, 5.74) is -0.266. The van der Waals surface area contributed by atoms with Crippen LogP contribution in [0.15, 0.2) is 14.6 Å². The summed E-state index contributed by atoms with van der Waals surface area (Å²) in [6.45, 7) is 2.80. The second-order valence-corrected chi connectivity index (χ2v) is 6.80. The molecule has 0 fully saturated rings. The van der Waals surface area contributed by atoms with Crippen LogP contribution in [0.4, 0.5) is 11.5 Å². The van der Waals surface area contributed by atoms with E-state index in [0.717, 1.165) is 44.9 Å². The van der Waals surface area contributed by atoms with Gasteiger partial charge in [-0.15, -0.1) is 0 Å². The standard InChI is InChI=1S/C18H30N4O3/c1-14(23)10-8-6-4-3-5-7-9-13-22-17(24)15-16(20-12-11-19-15)21(2)18(22)25/h11,14,20,23H,3-10,12-13H2,1-2H3. The minimum atomic E-state index is -0.306. The van der Waals surface area contributed by atoms with Crippen LogP contribution in [0.3, 0.4) is 0 Å². The van der Waals surface area contributed by atoms with Crippen LogP contribution in [-0.2, 0) is 13.6 Å². The van der Waals surface area contributed by atoms with Crippen molar-refractivity contribution in [3.8, 4) is 0 Å². The number of rotatable bonds is 10. The molecule has 1 aliphatic rings. The van der Waals surface area contributed by atoms with Gasteiger partial charge in [-0.1, -0.05) is 38.5 Å². The Morgan fingerprint density at radius 2 is 1.80 bits per heavy atom. The van der Waals surface area contributed by atoms with Crippen LogP contribution in [0, 0.1) is 0 Å². The van der Waals surface area contributed by atoms with E-state index >= 15 is 0 Å². The Hall–Kier alpha value is -1.89. The summed E-state index contributed by atoms with van der Waals surface area (Å²) in [5, 5.41) is 12.2. The van der Waals surface area contributed by atoms with Gasteiger partial charge in [-0.3, -0.25) is 13.9 Å². The summed E-state index contributed by atoms with van der Waals surface area (Å²) in [5.74, 6) is 0.506.